The maximum Gasteiger partial charge on any atom is 0.259 e. The first-order valence-corrected chi connectivity index (χ1v) is 9.27. The van der Waals surface area contributed by atoms with E-state index in [1.54, 1.807) is 19.1 Å². The van der Waals surface area contributed by atoms with Gasteiger partial charge in [0.15, 0.2) is 0 Å². The predicted molar refractivity (Wildman–Crippen MR) is 113 cm³/mol. The van der Waals surface area contributed by atoms with Gasteiger partial charge in [0.05, 0.1) is 17.6 Å². The first kappa shape index (κ1) is 20.2. The van der Waals surface area contributed by atoms with Crippen molar-refractivity contribution in [1.82, 2.24) is 0 Å². The molecule has 29 heavy (non-hydrogen) atoms. The maximum atomic E-state index is 12.5. The molecule has 0 saturated heterocycles. The molecule has 0 saturated carbocycles. The van der Waals surface area contributed by atoms with Crippen LogP contribution in [0.25, 0.3) is 0 Å². The third-order valence-electron chi connectivity index (χ3n) is 4.67. The molecule has 3 rings (SSSR count). The van der Waals surface area contributed by atoms with Crippen molar-refractivity contribution in [1.29, 1.82) is 5.26 Å². The molecule has 1 atom stereocenters. The van der Waals surface area contributed by atoms with E-state index in [2.05, 4.69) is 11.4 Å². The Balaban J connectivity index is 1.93. The number of nitrogens with zero attached hydrogens (tertiary/aromatic N) is 1. The van der Waals surface area contributed by atoms with Crippen LogP contribution in [-0.2, 0) is 0 Å². The van der Waals surface area contributed by atoms with Crippen LogP contribution in [0.1, 0.15) is 38.5 Å². The van der Waals surface area contributed by atoms with Crippen molar-refractivity contribution in [2.75, 3.05) is 5.32 Å². The average molecular weight is 407 g/mol. The lowest BCUT2D eigenvalue weighted by Gasteiger charge is -2.16. The first-order valence-electron chi connectivity index (χ1n) is 8.89. The second-order valence-corrected chi connectivity index (χ2v) is 7.22. The van der Waals surface area contributed by atoms with E-state index in [-0.39, 0.29) is 17.1 Å². The Hall–Kier alpha value is -3.49. The molecule has 0 heterocycles. The van der Waals surface area contributed by atoms with E-state index < -0.39 is 11.8 Å². The summed E-state index contributed by atoms with van der Waals surface area (Å²) in [6.45, 7) is 3.77. The number of carbonyl (C=O) groups is 1. The van der Waals surface area contributed by atoms with Gasteiger partial charge in [0.1, 0.15) is 11.5 Å². The van der Waals surface area contributed by atoms with Gasteiger partial charge in [-0.15, -0.1) is 0 Å². The van der Waals surface area contributed by atoms with E-state index in [0.717, 1.165) is 11.1 Å². The van der Waals surface area contributed by atoms with Gasteiger partial charge in [-0.05, 0) is 54.8 Å². The molecule has 3 aromatic carbocycles. The van der Waals surface area contributed by atoms with Crippen molar-refractivity contribution < 1.29 is 15.0 Å². The molecule has 0 fully saturated rings. The summed E-state index contributed by atoms with van der Waals surface area (Å²) in [6, 6.07) is 17.0. The Morgan fingerprint density at radius 1 is 1.07 bits per heavy atom. The minimum absolute atomic E-state index is 0.0563. The zero-order valence-electron chi connectivity index (χ0n) is 15.9. The summed E-state index contributed by atoms with van der Waals surface area (Å²) in [4.78, 5) is 12.5. The lowest BCUT2D eigenvalue weighted by Crippen LogP contribution is -2.13. The third kappa shape index (κ3) is 4.34. The highest BCUT2D eigenvalue weighted by Gasteiger charge is 2.20. The van der Waals surface area contributed by atoms with E-state index in [1.807, 2.05) is 31.2 Å². The molecule has 1 amide bonds. The summed E-state index contributed by atoms with van der Waals surface area (Å²) in [5.41, 5.74) is 3.69. The van der Waals surface area contributed by atoms with Crippen LogP contribution in [0.4, 0.5) is 5.69 Å². The number of aryl methyl sites for hydroxylation is 2. The van der Waals surface area contributed by atoms with Gasteiger partial charge >= 0.3 is 0 Å². The largest absolute Gasteiger partial charge is 0.508 e. The van der Waals surface area contributed by atoms with Crippen molar-refractivity contribution in [3.63, 3.8) is 0 Å². The molecule has 0 spiro atoms. The van der Waals surface area contributed by atoms with Crippen LogP contribution in [-0.4, -0.2) is 16.1 Å². The van der Waals surface area contributed by atoms with E-state index in [4.69, 9.17) is 11.6 Å². The zero-order chi connectivity index (χ0) is 21.1. The fourth-order valence-electron chi connectivity index (χ4n) is 3.04. The molecule has 0 aliphatic carbocycles. The van der Waals surface area contributed by atoms with Gasteiger partial charge in [-0.2, -0.15) is 5.26 Å². The molecule has 6 heteroatoms. The van der Waals surface area contributed by atoms with Crippen molar-refractivity contribution in [2.45, 2.75) is 19.8 Å². The number of halogens is 1. The number of amides is 1. The van der Waals surface area contributed by atoms with Crippen molar-refractivity contribution in [2.24, 2.45) is 0 Å². The molecule has 0 aromatic heterocycles. The Labute approximate surface area is 173 Å². The van der Waals surface area contributed by atoms with Crippen LogP contribution in [0.5, 0.6) is 11.5 Å². The number of nitriles is 1. The van der Waals surface area contributed by atoms with Gasteiger partial charge < -0.3 is 15.5 Å². The lowest BCUT2D eigenvalue weighted by atomic mass is 9.90. The fourth-order valence-corrected chi connectivity index (χ4v) is 3.31. The SMILES string of the molecule is Cc1ccc(C(C#N)c2cc(C)c(NC(=O)c3cc(O)ccc3O)cc2Cl)cc1. The van der Waals surface area contributed by atoms with Crippen molar-refractivity contribution in [3.05, 3.63) is 87.4 Å². The van der Waals surface area contributed by atoms with Crippen LogP contribution in [0.2, 0.25) is 5.02 Å². The molecule has 146 valence electrons. The molecule has 0 bridgehead atoms. The van der Waals surface area contributed by atoms with E-state index in [0.29, 0.717) is 21.8 Å². The number of hydrogen-bond donors (Lipinski definition) is 3. The number of hydrogen-bond acceptors (Lipinski definition) is 4. The highest BCUT2D eigenvalue weighted by Crippen LogP contribution is 2.34. The topological polar surface area (TPSA) is 93.4 Å². The molecule has 5 nitrogen and oxygen atoms in total. The second-order valence-electron chi connectivity index (χ2n) is 6.82. The molecule has 0 aliphatic rings. The Morgan fingerprint density at radius 2 is 1.76 bits per heavy atom. The second kappa shape index (κ2) is 8.26. The minimum Gasteiger partial charge on any atom is -0.508 e. The van der Waals surface area contributed by atoms with Gasteiger partial charge in [0.25, 0.3) is 5.91 Å². The predicted octanol–water partition coefficient (Wildman–Crippen LogP) is 5.28. The number of benzene rings is 3. The van der Waals surface area contributed by atoms with Gasteiger partial charge in [-0.1, -0.05) is 47.5 Å². The van der Waals surface area contributed by atoms with Crippen molar-refractivity contribution in [3.8, 4) is 17.6 Å². The summed E-state index contributed by atoms with van der Waals surface area (Å²) in [7, 11) is 0. The number of anilines is 1. The molecular weight excluding hydrogens is 388 g/mol. The summed E-state index contributed by atoms with van der Waals surface area (Å²) >= 11 is 6.45. The van der Waals surface area contributed by atoms with Crippen LogP contribution >= 0.6 is 11.6 Å². The molecule has 0 aliphatic heterocycles. The normalized spacial score (nSPS) is 11.5. The van der Waals surface area contributed by atoms with Gasteiger partial charge in [0.2, 0.25) is 0 Å². The Kier molecular flexibility index (Phi) is 5.76. The Morgan fingerprint density at radius 3 is 2.41 bits per heavy atom. The fraction of sp³-hybridized carbons (Fsp3) is 0.130. The van der Waals surface area contributed by atoms with Crippen LogP contribution in [0.15, 0.2) is 54.6 Å². The standard InChI is InChI=1S/C23H19ClN2O3/c1-13-3-5-15(6-4-13)19(12-25)17-9-14(2)21(11-20(17)24)26-23(29)18-10-16(27)7-8-22(18)28/h3-11,19,27-28H,1-2H3,(H,26,29). The first-order chi connectivity index (χ1) is 13.8. The quantitative estimate of drug-likeness (QED) is 0.514. The average Bonchev–Trinajstić information content (AvgIpc) is 2.69. The smallest absolute Gasteiger partial charge is 0.259 e. The lowest BCUT2D eigenvalue weighted by molar-refractivity contribution is 0.102. The van der Waals surface area contributed by atoms with E-state index >= 15 is 0 Å². The minimum atomic E-state index is -0.583. The number of aromatic hydroxyl groups is 2. The van der Waals surface area contributed by atoms with Gasteiger partial charge in [0, 0.05) is 10.7 Å². The summed E-state index contributed by atoms with van der Waals surface area (Å²) in [5, 5.41) is 32.2. The maximum absolute atomic E-state index is 12.5. The van der Waals surface area contributed by atoms with Gasteiger partial charge in [-0.25, -0.2) is 0 Å². The van der Waals surface area contributed by atoms with Crippen LogP contribution in [0, 0.1) is 25.2 Å². The van der Waals surface area contributed by atoms with E-state index in [9.17, 15) is 20.3 Å². The van der Waals surface area contributed by atoms with Gasteiger partial charge in [-0.3, -0.25) is 4.79 Å². The molecular formula is C23H19ClN2O3. The highest BCUT2D eigenvalue weighted by atomic mass is 35.5. The summed E-state index contributed by atoms with van der Waals surface area (Å²) < 4.78 is 0. The molecule has 0 radical (unpaired) electrons. The van der Waals surface area contributed by atoms with E-state index in [1.165, 1.54) is 18.2 Å². The van der Waals surface area contributed by atoms with Crippen LogP contribution in [0.3, 0.4) is 0 Å². The summed E-state index contributed by atoms with van der Waals surface area (Å²) in [5.74, 6) is -1.50. The number of nitrogens with one attached hydrogen (secondary N) is 1. The Bertz CT molecular complexity index is 1120. The number of phenolic OH excluding ortho intramolecular Hbond substituents is 2. The summed E-state index contributed by atoms with van der Waals surface area (Å²) in [6.07, 6.45) is 0. The van der Waals surface area contributed by atoms with Crippen molar-refractivity contribution >= 4 is 23.2 Å². The number of phenols is 2. The monoisotopic (exact) mass is 406 g/mol. The number of carbonyl (C=O) groups excluding carboxylic acids is 1. The molecule has 3 aromatic rings. The third-order valence-corrected chi connectivity index (χ3v) is 4.99. The molecule has 1 unspecified atom stereocenters. The van der Waals surface area contributed by atoms with Crippen LogP contribution < -0.4 is 5.32 Å². The zero-order valence-corrected chi connectivity index (χ0v) is 16.7. The number of rotatable bonds is 4. The highest BCUT2D eigenvalue weighted by molar-refractivity contribution is 6.32. The molecule has 3 N–H and O–H groups in total.